The van der Waals surface area contributed by atoms with Crippen LogP contribution in [0, 0.1) is 47.3 Å². The standard InChI is InChI=1S/2C27H23O4S.2C2H2F2O5S.CH4.ClH.Na/c2*28-26(24-17-15-22-23(16-17)31-27(29)25(22)24)30-18-11-13-21(14-12-18)32(19-7-3-1-4-8-19)20-9-5-2-6-10-20;2*3-2(4,1(5)6)10-9-8-7;;;/h2*1-14,17,22-25H,15-16H2;2*7H,(H,5,6);1H4;1H;/q2*+1;;;;;+1/p-3. The fourth-order valence-electron chi connectivity index (χ4n) is 11.5. The maximum Gasteiger partial charge on any atom is 1.00 e. The number of carboxylic acid groups (broad SMARTS) is 2. The Kier molecular flexibility index (Phi) is 25.6. The van der Waals surface area contributed by atoms with Crippen LogP contribution in [0.4, 0.5) is 17.6 Å². The molecular weight excluding hydrogens is 1260 g/mol. The average Bonchev–Trinajstić information content (AvgIpc) is 1.59. The van der Waals surface area contributed by atoms with E-state index in [1.165, 1.54) is 19.6 Å². The summed E-state index contributed by atoms with van der Waals surface area (Å²) in [5, 5.41) is 29.8. The van der Waals surface area contributed by atoms with Crippen molar-refractivity contribution in [1.29, 1.82) is 0 Å². The fraction of sp³-hybridized carbons (Fsp3) is 0.288. The van der Waals surface area contributed by atoms with E-state index in [0.717, 1.165) is 35.5 Å². The molecule has 0 amide bonds. The van der Waals surface area contributed by atoms with Crippen molar-refractivity contribution in [1.82, 2.24) is 0 Å². The number of hydrogen-bond donors (Lipinski definition) is 2. The molecular formula is C59H52ClF4NaO18S4. The first-order valence-corrected chi connectivity index (χ1v) is 29.6. The summed E-state index contributed by atoms with van der Waals surface area (Å²) in [4.78, 5) is 76.7. The molecule has 18 nitrogen and oxygen atoms in total. The van der Waals surface area contributed by atoms with Crippen LogP contribution in [-0.4, -0.2) is 68.7 Å². The van der Waals surface area contributed by atoms with E-state index in [4.69, 9.17) is 39.7 Å². The largest absolute Gasteiger partial charge is 1.00 e. The van der Waals surface area contributed by atoms with E-state index in [2.05, 4.69) is 116 Å². The Hall–Kier alpha value is -5.69. The third-order valence-electron chi connectivity index (χ3n) is 14.8. The number of carbonyl (C=O) groups excluding carboxylic acids is 4. The number of carboxylic acids is 2. The number of ether oxygens (including phenoxy) is 4. The molecule has 12 rings (SSSR count). The van der Waals surface area contributed by atoms with Gasteiger partial charge >= 0.3 is 75.9 Å². The van der Waals surface area contributed by atoms with Crippen molar-refractivity contribution in [2.75, 3.05) is 0 Å². The van der Waals surface area contributed by atoms with Crippen molar-refractivity contribution in [3.8, 4) is 11.5 Å². The quantitative estimate of drug-likeness (QED) is 0.0182. The van der Waals surface area contributed by atoms with Gasteiger partial charge in [-0.2, -0.15) is 26.2 Å². The number of aliphatic carboxylic acids is 2. The molecule has 0 aromatic heterocycles. The number of esters is 4. The predicted molar refractivity (Wildman–Crippen MR) is 292 cm³/mol. The van der Waals surface area contributed by atoms with Crippen molar-refractivity contribution in [3.63, 3.8) is 0 Å². The van der Waals surface area contributed by atoms with E-state index in [1.54, 1.807) is 0 Å². The van der Waals surface area contributed by atoms with Crippen LogP contribution in [-0.2, 0) is 78.8 Å². The number of halogens is 5. The number of benzene rings is 6. The summed E-state index contributed by atoms with van der Waals surface area (Å²) in [6, 6.07) is 57.3. The average molecular weight is 1310 g/mol. The topological polar surface area (TPSA) is 263 Å². The molecule has 4 bridgehead atoms. The molecule has 4 saturated carbocycles. The van der Waals surface area contributed by atoms with Gasteiger partial charge in [0.2, 0.25) is 0 Å². The molecule has 10 unspecified atom stereocenters. The summed E-state index contributed by atoms with van der Waals surface area (Å²) < 4.78 is 75.6. The second kappa shape index (κ2) is 31.7. The van der Waals surface area contributed by atoms with Gasteiger partial charge in [-0.15, -0.1) is 0 Å². The molecule has 6 fully saturated rings. The van der Waals surface area contributed by atoms with Crippen LogP contribution in [0.25, 0.3) is 0 Å². The van der Waals surface area contributed by atoms with Gasteiger partial charge in [0.05, 0.1) is 45.5 Å². The zero-order valence-corrected chi connectivity index (χ0v) is 50.7. The maximum absolute atomic E-state index is 13.0. The van der Waals surface area contributed by atoms with Gasteiger partial charge in [-0.05, 0) is 135 Å². The summed E-state index contributed by atoms with van der Waals surface area (Å²) in [7, 11) is -0.494. The van der Waals surface area contributed by atoms with Crippen molar-refractivity contribution >= 4 is 81.7 Å². The van der Waals surface area contributed by atoms with Gasteiger partial charge in [-0.3, -0.25) is 29.3 Å². The molecule has 2 saturated heterocycles. The predicted octanol–water partition coefficient (Wildman–Crippen LogP) is 3.49. The summed E-state index contributed by atoms with van der Waals surface area (Å²) in [6.07, 6.45) is 3.43. The SMILES string of the molecule is C.O=C(O)C(F)(F)SOO[O-].O=C(O)C(F)(F)SOO[O-].O=C(Oc1ccc([S+](c2ccccc2)c2ccccc2)cc1)C1C2CC3OC(=O)C1C3C2.O=C(Oc1ccc([S+](c2ccccc2)c2ccccc2)cc1)C1C2CC3OC(=O)C1C3C2.[Cl-].[Na+]. The van der Waals surface area contributed by atoms with Gasteiger partial charge in [-0.25, -0.2) is 9.59 Å². The number of hydrogen-bond acceptors (Lipinski definition) is 18. The van der Waals surface area contributed by atoms with Gasteiger partial charge in [0.15, 0.2) is 29.4 Å². The summed E-state index contributed by atoms with van der Waals surface area (Å²) >= 11 is -1.76. The van der Waals surface area contributed by atoms with E-state index in [0.29, 0.717) is 11.5 Å². The van der Waals surface area contributed by atoms with Crippen LogP contribution in [0.1, 0.15) is 33.1 Å². The minimum Gasteiger partial charge on any atom is -1.00 e. The number of carbonyl (C=O) groups is 6. The van der Waals surface area contributed by atoms with Gasteiger partial charge in [-0.1, -0.05) is 80.2 Å². The monoisotopic (exact) mass is 1310 g/mol. The molecule has 2 N–H and O–H groups in total. The minimum absolute atomic E-state index is 0. The minimum atomic E-state index is -4.16. The van der Waals surface area contributed by atoms with E-state index in [9.17, 15) is 46.3 Å². The maximum atomic E-state index is 13.0. The summed E-state index contributed by atoms with van der Waals surface area (Å²) in [5.74, 6) is -5.34. The van der Waals surface area contributed by atoms with Crippen LogP contribution < -0.4 is 62.0 Å². The van der Waals surface area contributed by atoms with E-state index in [-0.39, 0.29) is 155 Å². The molecule has 0 radical (unpaired) electrons. The third-order valence-corrected chi connectivity index (χ3v) is 20.3. The van der Waals surface area contributed by atoms with E-state index >= 15 is 0 Å². The molecule has 2 aliphatic heterocycles. The van der Waals surface area contributed by atoms with Gasteiger partial charge in [0, 0.05) is 11.8 Å². The molecule has 6 aliphatic rings. The van der Waals surface area contributed by atoms with Gasteiger partial charge < -0.3 is 52.1 Å². The molecule has 456 valence electrons. The summed E-state index contributed by atoms with van der Waals surface area (Å²) in [6.45, 7) is 0. The second-order valence-corrected chi connectivity index (χ2v) is 25.3. The Balaban J connectivity index is 0.000000208. The van der Waals surface area contributed by atoms with Crippen LogP contribution in [0.15, 0.2) is 199 Å². The van der Waals surface area contributed by atoms with Crippen LogP contribution in [0.2, 0.25) is 0 Å². The van der Waals surface area contributed by atoms with E-state index < -0.39 is 46.5 Å². The Labute approximate surface area is 538 Å². The molecule has 6 aromatic carbocycles. The van der Waals surface area contributed by atoms with Crippen molar-refractivity contribution in [2.45, 2.75) is 85.2 Å². The van der Waals surface area contributed by atoms with Crippen LogP contribution >= 0.6 is 24.1 Å². The van der Waals surface area contributed by atoms with Gasteiger partial charge in [0.1, 0.15) is 47.8 Å². The first kappa shape index (κ1) is 70.4. The molecule has 6 aromatic rings. The Morgan fingerprint density at radius 2 is 0.759 bits per heavy atom. The van der Waals surface area contributed by atoms with Crippen molar-refractivity contribution < 1.29 is 147 Å². The normalized spacial score (nSPS) is 22.9. The first-order valence-electron chi connectivity index (χ1n) is 25.6. The smallest absolute Gasteiger partial charge is 1.00 e. The molecule has 28 heteroatoms. The molecule has 10 atom stereocenters. The molecule has 87 heavy (non-hydrogen) atoms. The number of fused-ring (bicyclic) bond motifs is 2. The Morgan fingerprint density at radius 1 is 0.483 bits per heavy atom. The molecule has 0 spiro atoms. The van der Waals surface area contributed by atoms with Gasteiger partial charge in [0.25, 0.3) is 0 Å². The van der Waals surface area contributed by atoms with Crippen molar-refractivity contribution in [2.24, 2.45) is 47.3 Å². The summed E-state index contributed by atoms with van der Waals surface area (Å²) in [5.41, 5.74) is 0. The zero-order valence-electron chi connectivity index (χ0n) is 44.7. The Morgan fingerprint density at radius 3 is 1.02 bits per heavy atom. The molecule has 4 aliphatic carbocycles. The van der Waals surface area contributed by atoms with Crippen molar-refractivity contribution in [3.05, 3.63) is 170 Å². The van der Waals surface area contributed by atoms with Crippen LogP contribution in [0.3, 0.4) is 0 Å². The number of alkyl halides is 4. The molecule has 2 heterocycles. The Bertz CT molecular complexity index is 2970. The van der Waals surface area contributed by atoms with Crippen LogP contribution in [0.5, 0.6) is 11.5 Å². The number of rotatable bonds is 18. The van der Waals surface area contributed by atoms with E-state index in [1.807, 2.05) is 72.8 Å². The second-order valence-electron chi connectivity index (χ2n) is 19.6. The third kappa shape index (κ3) is 16.6. The first-order chi connectivity index (χ1) is 40.4. The zero-order chi connectivity index (χ0) is 59.7. The fourth-order valence-corrected chi connectivity index (χ4v) is 16.1.